The molecule has 0 aromatic carbocycles. The maximum Gasteiger partial charge on any atom is 0.303 e. The molecule has 41 heavy (non-hydrogen) atoms. The van der Waals surface area contributed by atoms with E-state index in [0.717, 1.165) is 0 Å². The number of hydrogen-bond donors (Lipinski definition) is 0. The summed E-state index contributed by atoms with van der Waals surface area (Å²) in [5.41, 5.74) is 0. The minimum atomic E-state index is -1.14. The number of esters is 3. The maximum atomic E-state index is 12.1. The van der Waals surface area contributed by atoms with Crippen molar-refractivity contribution in [2.24, 2.45) is 0 Å². The highest BCUT2D eigenvalue weighted by atomic mass is 127. The Morgan fingerprint density at radius 2 is 1.29 bits per heavy atom. The fraction of sp³-hybridized carbons (Fsp3) is 0.885. The lowest BCUT2D eigenvalue weighted by Gasteiger charge is -2.45. The lowest BCUT2D eigenvalue weighted by Crippen LogP contribution is -2.63. The Kier molecular flexibility index (Phi) is 10.5. The van der Waals surface area contributed by atoms with E-state index in [0.29, 0.717) is 4.43 Å². The minimum absolute atomic E-state index is 0.0618. The zero-order valence-corrected chi connectivity index (χ0v) is 26.4. The van der Waals surface area contributed by atoms with E-state index >= 15 is 0 Å². The van der Waals surface area contributed by atoms with E-state index in [9.17, 15) is 14.4 Å². The van der Waals surface area contributed by atoms with Crippen molar-refractivity contribution < 1.29 is 66.5 Å². The van der Waals surface area contributed by atoms with Gasteiger partial charge in [-0.25, -0.2) is 0 Å². The van der Waals surface area contributed by atoms with Crippen molar-refractivity contribution in [1.29, 1.82) is 0 Å². The normalized spacial score (nSPS) is 38.9. The van der Waals surface area contributed by atoms with Crippen molar-refractivity contribution in [2.45, 2.75) is 121 Å². The van der Waals surface area contributed by atoms with Crippen LogP contribution in [-0.2, 0) is 66.5 Å². The van der Waals surface area contributed by atoms with Crippen LogP contribution < -0.4 is 0 Å². The van der Waals surface area contributed by atoms with Gasteiger partial charge in [0.25, 0.3) is 0 Å². The summed E-state index contributed by atoms with van der Waals surface area (Å²) in [6, 6.07) is 0. The highest BCUT2D eigenvalue weighted by Gasteiger charge is 2.61. The van der Waals surface area contributed by atoms with Crippen molar-refractivity contribution in [3.63, 3.8) is 0 Å². The fourth-order valence-corrected chi connectivity index (χ4v) is 5.63. The largest absolute Gasteiger partial charge is 0.463 e. The van der Waals surface area contributed by atoms with Crippen LogP contribution in [0, 0.1) is 0 Å². The average Bonchev–Trinajstić information content (AvgIpc) is 3.35. The lowest BCUT2D eigenvalue weighted by molar-refractivity contribution is -0.324. The summed E-state index contributed by atoms with van der Waals surface area (Å²) in [5.74, 6) is -3.63. The molecular formula is C26H39IO14. The first-order valence-corrected chi connectivity index (χ1v) is 15.0. The fourth-order valence-electron chi connectivity index (χ4n) is 5.38. The summed E-state index contributed by atoms with van der Waals surface area (Å²) in [7, 11) is 0. The topological polar surface area (TPSA) is 153 Å². The zero-order chi connectivity index (χ0) is 30.1. The summed E-state index contributed by atoms with van der Waals surface area (Å²) in [6.07, 6.45) is -8.38. The van der Waals surface area contributed by atoms with Crippen LogP contribution in [0.4, 0.5) is 0 Å². The molecule has 0 bridgehead atoms. The predicted octanol–water partition coefficient (Wildman–Crippen LogP) is 1.37. The number of hydrogen-bond acceptors (Lipinski definition) is 14. The number of halogens is 1. The van der Waals surface area contributed by atoms with Crippen molar-refractivity contribution in [3.05, 3.63) is 0 Å². The second-order valence-electron chi connectivity index (χ2n) is 11.1. The molecule has 4 rings (SSSR count). The Morgan fingerprint density at radius 1 is 0.683 bits per heavy atom. The quantitative estimate of drug-likeness (QED) is 0.139. The van der Waals surface area contributed by atoms with Gasteiger partial charge in [0, 0.05) is 25.2 Å². The van der Waals surface area contributed by atoms with Crippen LogP contribution >= 0.6 is 22.6 Å². The smallest absolute Gasteiger partial charge is 0.303 e. The first-order valence-electron chi connectivity index (χ1n) is 13.5. The molecule has 0 amide bonds. The second-order valence-corrected chi connectivity index (χ2v) is 12.1. The van der Waals surface area contributed by atoms with E-state index in [4.69, 9.17) is 52.1 Å². The van der Waals surface area contributed by atoms with E-state index in [-0.39, 0.29) is 19.8 Å². The van der Waals surface area contributed by atoms with Gasteiger partial charge in [0.1, 0.15) is 43.2 Å². The third kappa shape index (κ3) is 8.06. The molecule has 4 aliphatic rings. The van der Waals surface area contributed by atoms with Gasteiger partial charge >= 0.3 is 17.9 Å². The molecule has 4 saturated heterocycles. The Morgan fingerprint density at radius 3 is 1.93 bits per heavy atom. The summed E-state index contributed by atoms with van der Waals surface area (Å²) in [6.45, 7) is 10.8. The summed E-state index contributed by atoms with van der Waals surface area (Å²) < 4.78 is 65.9. The number of carbonyl (C=O) groups excluding carboxylic acids is 3. The number of carbonyl (C=O) groups is 3. The van der Waals surface area contributed by atoms with Crippen LogP contribution in [-0.4, -0.2) is 115 Å². The predicted molar refractivity (Wildman–Crippen MR) is 144 cm³/mol. The zero-order valence-electron chi connectivity index (χ0n) is 24.2. The molecule has 14 nitrogen and oxygen atoms in total. The minimum Gasteiger partial charge on any atom is -0.463 e. The van der Waals surface area contributed by atoms with Crippen molar-refractivity contribution in [2.75, 3.05) is 24.2 Å². The molecule has 2 unspecified atom stereocenters. The van der Waals surface area contributed by atoms with Crippen molar-refractivity contribution in [3.8, 4) is 0 Å². The molecule has 0 aliphatic carbocycles. The van der Waals surface area contributed by atoms with E-state index in [1.165, 1.54) is 20.8 Å². The number of ether oxygens (including phenoxy) is 11. The van der Waals surface area contributed by atoms with Crippen LogP contribution in [0.1, 0.15) is 48.5 Å². The molecule has 234 valence electrons. The van der Waals surface area contributed by atoms with Gasteiger partial charge in [0.2, 0.25) is 0 Å². The van der Waals surface area contributed by atoms with Gasteiger partial charge in [-0.15, -0.1) is 0 Å². The number of rotatable bonds is 10. The highest BCUT2D eigenvalue weighted by Crippen LogP contribution is 2.44. The first kappa shape index (κ1) is 32.7. The summed E-state index contributed by atoms with van der Waals surface area (Å²) in [5, 5.41) is 0. The molecule has 4 fully saturated rings. The van der Waals surface area contributed by atoms with E-state index in [2.05, 4.69) is 22.6 Å². The van der Waals surface area contributed by atoms with Crippen LogP contribution in [0.15, 0.2) is 0 Å². The standard InChI is InChI=1S/C26H39IO14/c1-12(28)32-10-15-17(34-13(2)29)19(35-14(3)30)21(31-9-8-27)23(36-15)33-11-16-18-20(39-25(4,5)38-18)22-24(37-16)41-26(6,7)40-22/h15-24H,8-11H2,1-7H3/t15-,16-,17-,18+,19+,20+,21-,22-,23?,24?/m1/s1. The number of alkyl halides is 1. The van der Waals surface area contributed by atoms with Crippen molar-refractivity contribution in [1.82, 2.24) is 0 Å². The van der Waals surface area contributed by atoms with Gasteiger partial charge < -0.3 is 52.1 Å². The molecule has 15 heteroatoms. The third-order valence-electron chi connectivity index (χ3n) is 6.71. The van der Waals surface area contributed by atoms with E-state index in [1.807, 2.05) is 0 Å². The first-order chi connectivity index (χ1) is 19.2. The van der Waals surface area contributed by atoms with Gasteiger partial charge in [-0.1, -0.05) is 22.6 Å². The molecule has 10 atom stereocenters. The molecule has 0 saturated carbocycles. The second kappa shape index (κ2) is 13.2. The molecule has 0 spiro atoms. The molecule has 4 heterocycles. The Bertz CT molecular complexity index is 958. The highest BCUT2D eigenvalue weighted by molar-refractivity contribution is 14.1. The monoisotopic (exact) mass is 702 g/mol. The Hall–Kier alpha value is -1.18. The van der Waals surface area contributed by atoms with Crippen LogP contribution in [0.2, 0.25) is 0 Å². The summed E-state index contributed by atoms with van der Waals surface area (Å²) in [4.78, 5) is 35.7. The Labute approximate surface area is 252 Å². The van der Waals surface area contributed by atoms with Gasteiger partial charge in [0.15, 0.2) is 36.4 Å². The molecule has 0 N–H and O–H groups in total. The molecule has 0 aromatic heterocycles. The summed E-state index contributed by atoms with van der Waals surface area (Å²) >= 11 is 2.13. The van der Waals surface area contributed by atoms with Crippen molar-refractivity contribution >= 4 is 40.5 Å². The van der Waals surface area contributed by atoms with Crippen LogP contribution in [0.25, 0.3) is 0 Å². The molecule has 4 aliphatic heterocycles. The molecular weight excluding hydrogens is 663 g/mol. The SMILES string of the molecule is CC(=O)OC[C@H]1OC(OC[C@H]2OC3OC(C)(C)O[C@@H]3[C@H]3OC(C)(C)O[C@H]32)[C@H](OCCI)[C@@H](OC(C)=O)[C@@H]1OC(C)=O. The maximum absolute atomic E-state index is 12.1. The van der Waals surface area contributed by atoms with Crippen LogP contribution in [0.3, 0.4) is 0 Å². The van der Waals surface area contributed by atoms with Gasteiger partial charge in [-0.2, -0.15) is 0 Å². The van der Waals surface area contributed by atoms with E-state index in [1.54, 1.807) is 27.7 Å². The Balaban J connectivity index is 1.57. The molecule has 0 aromatic rings. The van der Waals surface area contributed by atoms with Crippen LogP contribution in [0.5, 0.6) is 0 Å². The van der Waals surface area contributed by atoms with Gasteiger partial charge in [-0.3, -0.25) is 14.4 Å². The molecule has 0 radical (unpaired) electrons. The van der Waals surface area contributed by atoms with Gasteiger partial charge in [0.05, 0.1) is 13.2 Å². The van der Waals surface area contributed by atoms with E-state index < -0.39 is 90.9 Å². The van der Waals surface area contributed by atoms with Gasteiger partial charge in [-0.05, 0) is 27.7 Å². The average molecular weight is 702 g/mol. The number of fused-ring (bicyclic) bond motifs is 3. The third-order valence-corrected chi connectivity index (χ3v) is 7.15. The lowest BCUT2D eigenvalue weighted by atomic mass is 9.97.